The van der Waals surface area contributed by atoms with E-state index in [0.717, 1.165) is 18.7 Å². The zero-order valence-corrected chi connectivity index (χ0v) is 11.7. The van der Waals surface area contributed by atoms with Crippen LogP contribution >= 0.6 is 0 Å². The molecule has 0 radical (unpaired) electrons. The molecule has 1 rings (SSSR count). The van der Waals surface area contributed by atoms with E-state index < -0.39 is 0 Å². The summed E-state index contributed by atoms with van der Waals surface area (Å²) in [6.45, 7) is 3.73. The summed E-state index contributed by atoms with van der Waals surface area (Å²) < 4.78 is 0. The van der Waals surface area contributed by atoms with Gasteiger partial charge < -0.3 is 15.5 Å². The highest BCUT2D eigenvalue weighted by Crippen LogP contribution is 2.06. The first-order chi connectivity index (χ1) is 9.02. The van der Waals surface area contributed by atoms with Gasteiger partial charge in [0.15, 0.2) is 0 Å². The van der Waals surface area contributed by atoms with Crippen molar-refractivity contribution in [1.82, 2.24) is 15.5 Å². The summed E-state index contributed by atoms with van der Waals surface area (Å²) in [5.41, 5.74) is 1.80. The summed E-state index contributed by atoms with van der Waals surface area (Å²) in [5, 5.41) is 5.35. The molecule has 0 heterocycles. The van der Waals surface area contributed by atoms with Gasteiger partial charge in [-0.15, -0.1) is 0 Å². The minimum absolute atomic E-state index is 0.0108. The molecule has 2 amide bonds. The molecule has 2 N–H and O–H groups in total. The number of hydrogen-bond donors (Lipinski definition) is 2. The Kier molecular flexibility index (Phi) is 6.02. The molecule has 1 aromatic carbocycles. The molecule has 5 nitrogen and oxygen atoms in total. The maximum atomic E-state index is 11.4. The van der Waals surface area contributed by atoms with Gasteiger partial charge in [0, 0.05) is 39.2 Å². The third-order valence-corrected chi connectivity index (χ3v) is 2.76. The summed E-state index contributed by atoms with van der Waals surface area (Å²) in [4.78, 5) is 24.3. The summed E-state index contributed by atoms with van der Waals surface area (Å²) >= 11 is 0. The van der Waals surface area contributed by atoms with Crippen molar-refractivity contribution in [2.24, 2.45) is 0 Å². The minimum atomic E-state index is -0.0782. The van der Waals surface area contributed by atoms with Gasteiger partial charge in [0.05, 0.1) is 0 Å². The molecule has 5 heteroatoms. The number of hydrogen-bond acceptors (Lipinski definition) is 3. The third-order valence-electron chi connectivity index (χ3n) is 2.76. The molecule has 0 atom stereocenters. The second-order valence-electron chi connectivity index (χ2n) is 4.50. The molecule has 104 valence electrons. The normalized spacial score (nSPS) is 10.3. The van der Waals surface area contributed by atoms with Gasteiger partial charge in [0.2, 0.25) is 5.91 Å². The molecule has 0 fully saturated rings. The second-order valence-corrected chi connectivity index (χ2v) is 4.50. The molecule has 0 aliphatic heterocycles. The number of carbonyl (C=O) groups is 2. The summed E-state index contributed by atoms with van der Waals surface area (Å²) in [7, 11) is 3.61. The standard InChI is InChI=1S/C14H21N3O2/c1-11(18)16-8-9-17(3)10-12-4-6-13(7-5-12)14(19)15-2/h4-7H,8-10H2,1-3H3,(H,15,19)(H,16,18). The highest BCUT2D eigenvalue weighted by Gasteiger charge is 2.04. The fraction of sp³-hybridized carbons (Fsp3) is 0.429. The van der Waals surface area contributed by atoms with Crippen molar-refractivity contribution in [3.63, 3.8) is 0 Å². The Morgan fingerprint density at radius 3 is 2.37 bits per heavy atom. The van der Waals surface area contributed by atoms with Crippen molar-refractivity contribution in [1.29, 1.82) is 0 Å². The third kappa shape index (κ3) is 5.52. The number of amides is 2. The average Bonchev–Trinajstić information content (AvgIpc) is 2.38. The van der Waals surface area contributed by atoms with Gasteiger partial charge in [-0.1, -0.05) is 12.1 Å². The van der Waals surface area contributed by atoms with Gasteiger partial charge in [0.1, 0.15) is 0 Å². The molecule has 0 saturated heterocycles. The summed E-state index contributed by atoms with van der Waals surface area (Å²) in [6, 6.07) is 7.52. The first kappa shape index (κ1) is 15.2. The fourth-order valence-corrected chi connectivity index (χ4v) is 1.72. The first-order valence-electron chi connectivity index (χ1n) is 6.27. The van der Waals surface area contributed by atoms with Gasteiger partial charge >= 0.3 is 0 Å². The van der Waals surface area contributed by atoms with E-state index in [1.165, 1.54) is 6.92 Å². The molecule has 1 aromatic rings. The Morgan fingerprint density at radius 1 is 1.21 bits per heavy atom. The largest absolute Gasteiger partial charge is 0.355 e. The second kappa shape index (κ2) is 7.53. The Morgan fingerprint density at radius 2 is 1.84 bits per heavy atom. The molecule has 0 spiro atoms. The number of benzene rings is 1. The maximum absolute atomic E-state index is 11.4. The van der Waals surface area contributed by atoms with Crippen LogP contribution in [-0.4, -0.2) is 43.9 Å². The number of carbonyl (C=O) groups excluding carboxylic acids is 2. The Balaban J connectivity index is 2.44. The average molecular weight is 263 g/mol. The van der Waals surface area contributed by atoms with Gasteiger partial charge in [-0.3, -0.25) is 9.59 Å². The van der Waals surface area contributed by atoms with Crippen molar-refractivity contribution in [2.45, 2.75) is 13.5 Å². The number of likely N-dealkylation sites (N-methyl/N-ethyl adjacent to an activating group) is 1. The van der Waals surface area contributed by atoms with Gasteiger partial charge in [-0.05, 0) is 24.7 Å². The predicted molar refractivity (Wildman–Crippen MR) is 74.8 cm³/mol. The predicted octanol–water partition coefficient (Wildman–Crippen LogP) is 0.614. The first-order valence-corrected chi connectivity index (χ1v) is 6.27. The number of nitrogens with zero attached hydrogens (tertiary/aromatic N) is 1. The minimum Gasteiger partial charge on any atom is -0.355 e. The van der Waals surface area contributed by atoms with E-state index in [4.69, 9.17) is 0 Å². The monoisotopic (exact) mass is 263 g/mol. The van der Waals surface area contributed by atoms with E-state index in [-0.39, 0.29) is 11.8 Å². The van der Waals surface area contributed by atoms with Crippen LogP contribution in [0.2, 0.25) is 0 Å². The Labute approximate surface area is 114 Å². The van der Waals surface area contributed by atoms with Crippen molar-refractivity contribution in [3.05, 3.63) is 35.4 Å². The van der Waals surface area contributed by atoms with Crippen LogP contribution in [-0.2, 0) is 11.3 Å². The lowest BCUT2D eigenvalue weighted by molar-refractivity contribution is -0.119. The Hall–Kier alpha value is -1.88. The lowest BCUT2D eigenvalue weighted by Gasteiger charge is -2.16. The van der Waals surface area contributed by atoms with Crippen LogP contribution in [0.15, 0.2) is 24.3 Å². The number of nitrogens with one attached hydrogen (secondary N) is 2. The zero-order chi connectivity index (χ0) is 14.3. The van der Waals surface area contributed by atoms with E-state index in [9.17, 15) is 9.59 Å². The van der Waals surface area contributed by atoms with Crippen molar-refractivity contribution < 1.29 is 9.59 Å². The van der Waals surface area contributed by atoms with E-state index in [0.29, 0.717) is 12.1 Å². The van der Waals surface area contributed by atoms with Gasteiger partial charge in [-0.25, -0.2) is 0 Å². The fourth-order valence-electron chi connectivity index (χ4n) is 1.72. The quantitative estimate of drug-likeness (QED) is 0.790. The topological polar surface area (TPSA) is 61.4 Å². The molecule has 0 aliphatic carbocycles. The number of rotatable bonds is 6. The molecule has 19 heavy (non-hydrogen) atoms. The van der Waals surface area contributed by atoms with E-state index in [2.05, 4.69) is 15.5 Å². The van der Waals surface area contributed by atoms with Crippen molar-refractivity contribution in [3.8, 4) is 0 Å². The van der Waals surface area contributed by atoms with Crippen LogP contribution in [0.25, 0.3) is 0 Å². The molecule has 0 saturated carbocycles. The highest BCUT2D eigenvalue weighted by molar-refractivity contribution is 5.93. The van der Waals surface area contributed by atoms with E-state index in [1.807, 2.05) is 31.3 Å². The van der Waals surface area contributed by atoms with E-state index >= 15 is 0 Å². The lowest BCUT2D eigenvalue weighted by atomic mass is 10.1. The van der Waals surface area contributed by atoms with Crippen LogP contribution in [0.3, 0.4) is 0 Å². The van der Waals surface area contributed by atoms with E-state index in [1.54, 1.807) is 7.05 Å². The zero-order valence-electron chi connectivity index (χ0n) is 11.7. The molecule has 0 aliphatic rings. The smallest absolute Gasteiger partial charge is 0.251 e. The molecule has 0 bridgehead atoms. The Bertz CT molecular complexity index is 429. The van der Waals surface area contributed by atoms with Crippen LogP contribution in [0.4, 0.5) is 0 Å². The van der Waals surface area contributed by atoms with Gasteiger partial charge in [0.25, 0.3) is 5.91 Å². The highest BCUT2D eigenvalue weighted by atomic mass is 16.2. The van der Waals surface area contributed by atoms with Crippen LogP contribution in [0.1, 0.15) is 22.8 Å². The summed E-state index contributed by atoms with van der Waals surface area (Å²) in [5.74, 6) is -0.0890. The lowest BCUT2D eigenvalue weighted by Crippen LogP contribution is -2.31. The van der Waals surface area contributed by atoms with Crippen LogP contribution < -0.4 is 10.6 Å². The van der Waals surface area contributed by atoms with Gasteiger partial charge in [-0.2, -0.15) is 0 Å². The van der Waals surface area contributed by atoms with Crippen molar-refractivity contribution >= 4 is 11.8 Å². The van der Waals surface area contributed by atoms with Crippen LogP contribution in [0.5, 0.6) is 0 Å². The molecule has 0 aromatic heterocycles. The van der Waals surface area contributed by atoms with Crippen LogP contribution in [0, 0.1) is 0 Å². The molecule has 0 unspecified atom stereocenters. The molecular formula is C14H21N3O2. The molecular weight excluding hydrogens is 242 g/mol. The summed E-state index contributed by atoms with van der Waals surface area (Å²) in [6.07, 6.45) is 0. The SMILES string of the molecule is CNC(=O)c1ccc(CN(C)CCNC(C)=O)cc1. The van der Waals surface area contributed by atoms with Crippen molar-refractivity contribution in [2.75, 3.05) is 27.2 Å². The maximum Gasteiger partial charge on any atom is 0.251 e.